The van der Waals surface area contributed by atoms with Crippen molar-refractivity contribution in [3.8, 4) is 5.75 Å². The fraction of sp³-hybridized carbons (Fsp3) is 0.625. The Labute approximate surface area is 115 Å². The molecule has 2 aliphatic rings. The number of nitrogens with zero attached hydrogens (tertiary/aromatic N) is 1. The van der Waals surface area contributed by atoms with Gasteiger partial charge in [0.15, 0.2) is 0 Å². The third-order valence-electron chi connectivity index (χ3n) is 4.45. The van der Waals surface area contributed by atoms with Crippen molar-refractivity contribution in [2.45, 2.75) is 31.7 Å². The van der Waals surface area contributed by atoms with Gasteiger partial charge in [-0.1, -0.05) is 6.07 Å². The van der Waals surface area contributed by atoms with Gasteiger partial charge < -0.3 is 15.0 Å². The van der Waals surface area contributed by atoms with Crippen molar-refractivity contribution >= 4 is 0 Å². The van der Waals surface area contributed by atoms with Gasteiger partial charge in [-0.25, -0.2) is 0 Å². The topological polar surface area (TPSA) is 24.5 Å². The SMILES string of the molecule is COc1ccc2c(c1)C(NCCN1CCCC1)CC2. The minimum absolute atomic E-state index is 0.521. The van der Waals surface area contributed by atoms with Gasteiger partial charge in [0, 0.05) is 19.1 Å². The van der Waals surface area contributed by atoms with E-state index in [4.69, 9.17) is 4.74 Å². The van der Waals surface area contributed by atoms with E-state index in [2.05, 4.69) is 28.4 Å². The molecule has 3 heteroatoms. The van der Waals surface area contributed by atoms with E-state index in [1.165, 1.54) is 56.4 Å². The number of nitrogens with one attached hydrogen (secondary N) is 1. The van der Waals surface area contributed by atoms with Crippen LogP contribution in [0.4, 0.5) is 0 Å². The molecule has 1 atom stereocenters. The summed E-state index contributed by atoms with van der Waals surface area (Å²) in [6.45, 7) is 4.87. The first kappa shape index (κ1) is 12.9. The Hall–Kier alpha value is -1.06. The van der Waals surface area contributed by atoms with Gasteiger partial charge in [0.2, 0.25) is 0 Å². The Morgan fingerprint density at radius 2 is 2.16 bits per heavy atom. The molecule has 0 saturated carbocycles. The van der Waals surface area contributed by atoms with Crippen molar-refractivity contribution in [3.05, 3.63) is 29.3 Å². The predicted molar refractivity (Wildman–Crippen MR) is 77.7 cm³/mol. The minimum atomic E-state index is 0.521. The summed E-state index contributed by atoms with van der Waals surface area (Å²) in [5.74, 6) is 0.979. The van der Waals surface area contributed by atoms with Crippen molar-refractivity contribution in [3.63, 3.8) is 0 Å². The number of hydrogen-bond acceptors (Lipinski definition) is 3. The Morgan fingerprint density at radius 3 is 2.95 bits per heavy atom. The first-order chi connectivity index (χ1) is 9.36. The number of hydrogen-bond donors (Lipinski definition) is 1. The van der Waals surface area contributed by atoms with Crippen molar-refractivity contribution in [1.29, 1.82) is 0 Å². The molecule has 1 heterocycles. The number of aryl methyl sites for hydroxylation is 1. The van der Waals surface area contributed by atoms with E-state index in [1.807, 2.05) is 0 Å². The zero-order valence-electron chi connectivity index (χ0n) is 11.8. The molecule has 1 saturated heterocycles. The maximum absolute atomic E-state index is 5.34. The van der Waals surface area contributed by atoms with Gasteiger partial charge in [-0.3, -0.25) is 0 Å². The standard InChI is InChI=1S/C16H24N2O/c1-19-14-6-4-13-5-7-16(15(13)12-14)17-8-11-18-9-2-3-10-18/h4,6,12,16-17H,2-3,5,7-11H2,1H3. The predicted octanol–water partition coefficient (Wildman–Crippen LogP) is 2.37. The molecule has 1 aromatic carbocycles. The van der Waals surface area contributed by atoms with Gasteiger partial charge in [-0.15, -0.1) is 0 Å². The second kappa shape index (κ2) is 5.93. The number of ether oxygens (including phenoxy) is 1. The van der Waals surface area contributed by atoms with Gasteiger partial charge in [0.05, 0.1) is 7.11 Å². The molecule has 0 bridgehead atoms. The van der Waals surface area contributed by atoms with Crippen molar-refractivity contribution in [1.82, 2.24) is 10.2 Å². The van der Waals surface area contributed by atoms with Crippen molar-refractivity contribution in [2.75, 3.05) is 33.3 Å². The van der Waals surface area contributed by atoms with E-state index in [0.29, 0.717) is 6.04 Å². The Morgan fingerprint density at radius 1 is 1.32 bits per heavy atom. The molecule has 0 radical (unpaired) electrons. The molecule has 1 aliphatic heterocycles. The normalized spacial score (nSPS) is 22.7. The zero-order chi connectivity index (χ0) is 13.1. The summed E-state index contributed by atoms with van der Waals surface area (Å²) in [5, 5.41) is 3.72. The summed E-state index contributed by atoms with van der Waals surface area (Å²) in [6.07, 6.45) is 5.18. The van der Waals surface area contributed by atoms with E-state index < -0.39 is 0 Å². The van der Waals surface area contributed by atoms with Crippen LogP contribution in [0, 0.1) is 0 Å². The lowest BCUT2D eigenvalue weighted by Gasteiger charge is -2.18. The highest BCUT2D eigenvalue weighted by molar-refractivity contribution is 5.40. The maximum atomic E-state index is 5.34. The third-order valence-corrected chi connectivity index (χ3v) is 4.45. The molecule has 1 unspecified atom stereocenters. The van der Waals surface area contributed by atoms with Crippen LogP contribution < -0.4 is 10.1 Å². The average molecular weight is 260 g/mol. The number of likely N-dealkylation sites (tertiary alicyclic amines) is 1. The highest BCUT2D eigenvalue weighted by Gasteiger charge is 2.22. The van der Waals surface area contributed by atoms with Gasteiger partial charge in [-0.05, 0) is 62.0 Å². The van der Waals surface area contributed by atoms with E-state index in [0.717, 1.165) is 12.3 Å². The molecule has 104 valence electrons. The van der Waals surface area contributed by atoms with Gasteiger partial charge >= 0.3 is 0 Å². The van der Waals surface area contributed by atoms with Gasteiger partial charge in [0.1, 0.15) is 5.75 Å². The smallest absolute Gasteiger partial charge is 0.119 e. The van der Waals surface area contributed by atoms with Crippen LogP contribution in [-0.2, 0) is 6.42 Å². The molecule has 0 spiro atoms. The van der Waals surface area contributed by atoms with Crippen LogP contribution in [0.3, 0.4) is 0 Å². The molecule has 0 aromatic heterocycles. The molecule has 19 heavy (non-hydrogen) atoms. The largest absolute Gasteiger partial charge is 0.497 e. The second-order valence-corrected chi connectivity index (χ2v) is 5.66. The molecule has 1 N–H and O–H groups in total. The summed E-state index contributed by atoms with van der Waals surface area (Å²) in [6, 6.07) is 7.02. The lowest BCUT2D eigenvalue weighted by atomic mass is 10.1. The quantitative estimate of drug-likeness (QED) is 0.879. The molecular formula is C16H24N2O. The molecule has 3 nitrogen and oxygen atoms in total. The third kappa shape index (κ3) is 2.93. The highest BCUT2D eigenvalue weighted by Crippen LogP contribution is 2.33. The minimum Gasteiger partial charge on any atom is -0.497 e. The van der Waals surface area contributed by atoms with Crippen LogP contribution in [0.25, 0.3) is 0 Å². The number of benzene rings is 1. The Balaban J connectivity index is 1.55. The average Bonchev–Trinajstić information content (AvgIpc) is 3.08. The molecule has 1 aliphatic carbocycles. The molecule has 1 aromatic rings. The molecule has 3 rings (SSSR count). The summed E-state index contributed by atoms with van der Waals surface area (Å²) in [7, 11) is 1.74. The fourth-order valence-corrected chi connectivity index (χ4v) is 3.32. The van der Waals surface area contributed by atoms with Crippen LogP contribution in [-0.4, -0.2) is 38.2 Å². The number of methoxy groups -OCH3 is 1. The van der Waals surface area contributed by atoms with Crippen LogP contribution in [0.5, 0.6) is 5.75 Å². The molecule has 1 fully saturated rings. The highest BCUT2D eigenvalue weighted by atomic mass is 16.5. The van der Waals surface area contributed by atoms with Crippen LogP contribution >= 0.6 is 0 Å². The second-order valence-electron chi connectivity index (χ2n) is 5.66. The fourth-order valence-electron chi connectivity index (χ4n) is 3.32. The zero-order valence-corrected chi connectivity index (χ0v) is 11.8. The van der Waals surface area contributed by atoms with E-state index in [-0.39, 0.29) is 0 Å². The lowest BCUT2D eigenvalue weighted by Crippen LogP contribution is -2.31. The van der Waals surface area contributed by atoms with Gasteiger partial charge in [-0.2, -0.15) is 0 Å². The molecule has 0 amide bonds. The maximum Gasteiger partial charge on any atom is 0.119 e. The van der Waals surface area contributed by atoms with E-state index in [1.54, 1.807) is 7.11 Å². The van der Waals surface area contributed by atoms with Crippen LogP contribution in [0.15, 0.2) is 18.2 Å². The first-order valence-corrected chi connectivity index (χ1v) is 7.49. The Bertz CT molecular complexity index is 427. The summed E-state index contributed by atoms with van der Waals surface area (Å²) in [5.41, 5.74) is 2.93. The summed E-state index contributed by atoms with van der Waals surface area (Å²) >= 11 is 0. The van der Waals surface area contributed by atoms with Crippen LogP contribution in [0.2, 0.25) is 0 Å². The first-order valence-electron chi connectivity index (χ1n) is 7.49. The molecular weight excluding hydrogens is 236 g/mol. The van der Waals surface area contributed by atoms with Crippen molar-refractivity contribution < 1.29 is 4.74 Å². The Kier molecular flexibility index (Phi) is 4.04. The summed E-state index contributed by atoms with van der Waals surface area (Å²) < 4.78 is 5.34. The van der Waals surface area contributed by atoms with Gasteiger partial charge in [0.25, 0.3) is 0 Å². The summed E-state index contributed by atoms with van der Waals surface area (Å²) in [4.78, 5) is 2.56. The monoisotopic (exact) mass is 260 g/mol. The number of rotatable bonds is 5. The van der Waals surface area contributed by atoms with E-state index >= 15 is 0 Å². The van der Waals surface area contributed by atoms with Crippen LogP contribution in [0.1, 0.15) is 36.4 Å². The van der Waals surface area contributed by atoms with Crippen molar-refractivity contribution in [2.24, 2.45) is 0 Å². The number of fused-ring (bicyclic) bond motifs is 1. The lowest BCUT2D eigenvalue weighted by molar-refractivity contribution is 0.327. The van der Waals surface area contributed by atoms with E-state index in [9.17, 15) is 0 Å².